The van der Waals surface area contributed by atoms with Gasteiger partial charge in [0, 0.05) is 30.6 Å². The highest BCUT2D eigenvalue weighted by Gasteiger charge is 2.21. The first-order chi connectivity index (χ1) is 12.7. The van der Waals surface area contributed by atoms with Gasteiger partial charge < -0.3 is 10.8 Å². The Hall–Kier alpha value is -3.36. The van der Waals surface area contributed by atoms with E-state index in [4.69, 9.17) is 10.8 Å². The molecule has 9 heteroatoms. The van der Waals surface area contributed by atoms with Gasteiger partial charge in [0.15, 0.2) is 0 Å². The number of anilines is 1. The summed E-state index contributed by atoms with van der Waals surface area (Å²) >= 11 is 0. The van der Waals surface area contributed by atoms with E-state index in [-0.39, 0.29) is 0 Å². The third-order valence-corrected chi connectivity index (χ3v) is 3.43. The zero-order valence-corrected chi connectivity index (χ0v) is 14.0. The molecule has 0 atom stereocenters. The number of aromatic carboxylic acids is 1. The predicted molar refractivity (Wildman–Crippen MR) is 91.3 cm³/mol. The van der Waals surface area contributed by atoms with E-state index in [1.807, 2.05) is 0 Å². The molecule has 0 saturated carbocycles. The van der Waals surface area contributed by atoms with Crippen LogP contribution in [0, 0.1) is 11.6 Å². The third kappa shape index (κ3) is 5.06. The summed E-state index contributed by atoms with van der Waals surface area (Å²) in [5.41, 5.74) is 6.15. The molecule has 2 aromatic carbocycles. The van der Waals surface area contributed by atoms with Crippen LogP contribution in [-0.4, -0.2) is 20.9 Å². The summed E-state index contributed by atoms with van der Waals surface area (Å²) in [5, 5.41) is 11.8. The van der Waals surface area contributed by atoms with Crippen molar-refractivity contribution in [2.24, 2.45) is 7.05 Å². The van der Waals surface area contributed by atoms with Crippen molar-refractivity contribution in [3.05, 3.63) is 71.6 Å². The van der Waals surface area contributed by atoms with Gasteiger partial charge in [0.1, 0.15) is 22.9 Å². The number of carboxylic acids is 1. The number of halogens is 4. The van der Waals surface area contributed by atoms with Gasteiger partial charge in [-0.1, -0.05) is 18.2 Å². The second-order valence-corrected chi connectivity index (χ2v) is 5.45. The van der Waals surface area contributed by atoms with E-state index in [1.165, 1.54) is 19.2 Å². The number of nitrogens with two attached hydrogens (primary N) is 1. The minimum Gasteiger partial charge on any atom is -0.478 e. The molecular formula is C18H15F4N3O2. The number of aromatic nitrogens is 2. The first-order valence-corrected chi connectivity index (χ1v) is 7.55. The SMILES string of the molecule is Cn1cc(C(=O)O)c(C(F)F)n1.Nc1ccccc1-c1cc(F)cc(F)c1. The highest BCUT2D eigenvalue weighted by molar-refractivity contribution is 5.88. The fraction of sp³-hybridized carbons (Fsp3) is 0.111. The van der Waals surface area contributed by atoms with Crippen molar-refractivity contribution in [1.29, 1.82) is 0 Å². The summed E-state index contributed by atoms with van der Waals surface area (Å²) in [6.07, 6.45) is -1.80. The highest BCUT2D eigenvalue weighted by Crippen LogP contribution is 2.26. The topological polar surface area (TPSA) is 81.1 Å². The lowest BCUT2D eigenvalue weighted by Gasteiger charge is -2.05. The number of aryl methyl sites for hydroxylation is 1. The number of hydrogen-bond donors (Lipinski definition) is 2. The molecule has 1 aromatic heterocycles. The molecule has 0 unspecified atom stereocenters. The Morgan fingerprint density at radius 1 is 1.15 bits per heavy atom. The predicted octanol–water partition coefficient (Wildman–Crippen LogP) is 4.27. The van der Waals surface area contributed by atoms with Crippen LogP contribution in [0.3, 0.4) is 0 Å². The van der Waals surface area contributed by atoms with Crippen LogP contribution in [-0.2, 0) is 7.05 Å². The van der Waals surface area contributed by atoms with Crippen LogP contribution in [0.25, 0.3) is 11.1 Å². The van der Waals surface area contributed by atoms with Gasteiger partial charge in [0.05, 0.1) is 0 Å². The fourth-order valence-corrected chi connectivity index (χ4v) is 2.30. The maximum absolute atomic E-state index is 13.0. The Labute approximate surface area is 151 Å². The number of carboxylic acid groups (broad SMARTS) is 1. The highest BCUT2D eigenvalue weighted by atomic mass is 19.3. The van der Waals surface area contributed by atoms with Gasteiger partial charge >= 0.3 is 5.97 Å². The Kier molecular flexibility index (Phi) is 6.17. The normalized spacial score (nSPS) is 10.4. The Morgan fingerprint density at radius 3 is 2.22 bits per heavy atom. The number of carbonyl (C=O) groups is 1. The van der Waals surface area contributed by atoms with E-state index in [2.05, 4.69) is 5.10 Å². The van der Waals surface area contributed by atoms with E-state index in [1.54, 1.807) is 24.3 Å². The number of benzene rings is 2. The monoisotopic (exact) mass is 381 g/mol. The van der Waals surface area contributed by atoms with Crippen LogP contribution in [0.4, 0.5) is 23.2 Å². The van der Waals surface area contributed by atoms with E-state index in [0.29, 0.717) is 16.8 Å². The minimum atomic E-state index is -2.85. The molecule has 0 bridgehead atoms. The van der Waals surface area contributed by atoms with Crippen molar-refractivity contribution in [3.63, 3.8) is 0 Å². The molecular weight excluding hydrogens is 366 g/mol. The number of nitrogens with zero attached hydrogens (tertiary/aromatic N) is 2. The lowest BCUT2D eigenvalue weighted by Crippen LogP contribution is -1.99. The van der Waals surface area contributed by atoms with Gasteiger partial charge in [-0.25, -0.2) is 22.4 Å². The average molecular weight is 381 g/mol. The zero-order valence-electron chi connectivity index (χ0n) is 14.0. The summed E-state index contributed by atoms with van der Waals surface area (Å²) < 4.78 is 51.1. The lowest BCUT2D eigenvalue weighted by molar-refractivity contribution is 0.0684. The first-order valence-electron chi connectivity index (χ1n) is 7.55. The lowest BCUT2D eigenvalue weighted by atomic mass is 10.0. The molecule has 27 heavy (non-hydrogen) atoms. The van der Waals surface area contributed by atoms with Gasteiger partial charge in [-0.2, -0.15) is 5.10 Å². The van der Waals surface area contributed by atoms with Gasteiger partial charge in [-0.3, -0.25) is 4.68 Å². The van der Waals surface area contributed by atoms with Gasteiger partial charge in [0.2, 0.25) is 0 Å². The maximum Gasteiger partial charge on any atom is 0.339 e. The summed E-state index contributed by atoms with van der Waals surface area (Å²) in [6, 6.07) is 10.3. The smallest absolute Gasteiger partial charge is 0.339 e. The molecule has 1 heterocycles. The third-order valence-electron chi connectivity index (χ3n) is 3.43. The molecule has 142 valence electrons. The number of nitrogen functional groups attached to an aromatic ring is 1. The first kappa shape index (κ1) is 20.0. The van der Waals surface area contributed by atoms with Crippen molar-refractivity contribution in [1.82, 2.24) is 9.78 Å². The van der Waals surface area contributed by atoms with E-state index in [9.17, 15) is 22.4 Å². The molecule has 5 nitrogen and oxygen atoms in total. The summed E-state index contributed by atoms with van der Waals surface area (Å²) in [5.74, 6) is -2.60. The van der Waals surface area contributed by atoms with Gasteiger partial charge in [-0.15, -0.1) is 0 Å². The molecule has 0 spiro atoms. The number of para-hydroxylation sites is 1. The van der Waals surface area contributed by atoms with Crippen molar-refractivity contribution in [2.45, 2.75) is 6.43 Å². The van der Waals surface area contributed by atoms with E-state index in [0.717, 1.165) is 16.9 Å². The molecule has 3 rings (SSSR count). The molecule has 3 aromatic rings. The summed E-state index contributed by atoms with van der Waals surface area (Å²) in [4.78, 5) is 10.4. The molecule has 0 aliphatic carbocycles. The van der Waals surface area contributed by atoms with E-state index < -0.39 is 35.3 Å². The largest absolute Gasteiger partial charge is 0.478 e. The standard InChI is InChI=1S/C12H9F2N.C6H6F2N2O2/c13-9-5-8(6-10(14)7-9)11-3-1-2-4-12(11)15;1-10-2-3(6(11)12)4(9-10)5(7)8/h1-7H,15H2;2,5H,1H3,(H,11,12). The second-order valence-electron chi connectivity index (χ2n) is 5.45. The van der Waals surface area contributed by atoms with Crippen LogP contribution in [0.5, 0.6) is 0 Å². The zero-order chi connectivity index (χ0) is 20.1. The van der Waals surface area contributed by atoms with Crippen LogP contribution >= 0.6 is 0 Å². The Morgan fingerprint density at radius 2 is 1.74 bits per heavy atom. The van der Waals surface area contributed by atoms with Crippen molar-refractivity contribution >= 4 is 11.7 Å². The average Bonchev–Trinajstić information content (AvgIpc) is 2.97. The molecule has 0 aliphatic rings. The van der Waals surface area contributed by atoms with Crippen LogP contribution in [0.1, 0.15) is 22.5 Å². The molecule has 0 amide bonds. The fourth-order valence-electron chi connectivity index (χ4n) is 2.30. The summed E-state index contributed by atoms with van der Waals surface area (Å²) in [6.45, 7) is 0. The Bertz CT molecular complexity index is 937. The minimum absolute atomic E-state index is 0.450. The number of rotatable bonds is 3. The molecule has 0 radical (unpaired) electrons. The quantitative estimate of drug-likeness (QED) is 0.524. The molecule has 3 N–H and O–H groups in total. The van der Waals surface area contributed by atoms with Crippen LogP contribution < -0.4 is 5.73 Å². The van der Waals surface area contributed by atoms with Gasteiger partial charge in [-0.05, 0) is 23.8 Å². The summed E-state index contributed by atoms with van der Waals surface area (Å²) in [7, 11) is 1.39. The van der Waals surface area contributed by atoms with Crippen molar-refractivity contribution in [2.75, 3.05) is 5.73 Å². The number of alkyl halides is 2. The maximum atomic E-state index is 13.0. The Balaban J connectivity index is 0.000000199. The number of hydrogen-bond acceptors (Lipinski definition) is 3. The molecule has 0 fully saturated rings. The molecule has 0 saturated heterocycles. The van der Waals surface area contributed by atoms with Crippen molar-refractivity contribution < 1.29 is 27.5 Å². The van der Waals surface area contributed by atoms with Gasteiger partial charge in [0.25, 0.3) is 6.43 Å². The molecule has 0 aliphatic heterocycles. The van der Waals surface area contributed by atoms with Crippen molar-refractivity contribution in [3.8, 4) is 11.1 Å². The van der Waals surface area contributed by atoms with E-state index >= 15 is 0 Å². The second kappa shape index (κ2) is 8.35. The van der Waals surface area contributed by atoms with Crippen LogP contribution in [0.15, 0.2) is 48.7 Å². The van der Waals surface area contributed by atoms with Crippen LogP contribution in [0.2, 0.25) is 0 Å².